The van der Waals surface area contributed by atoms with Crippen molar-refractivity contribution in [2.75, 3.05) is 5.32 Å². The number of anilines is 1. The maximum atomic E-state index is 12.1. The number of halogens is 3. The second kappa shape index (κ2) is 5.44. The lowest BCUT2D eigenvalue weighted by Gasteiger charge is -2.36. The minimum atomic E-state index is -0.780. The van der Waals surface area contributed by atoms with Crippen molar-refractivity contribution in [1.82, 2.24) is 20.6 Å². The van der Waals surface area contributed by atoms with Gasteiger partial charge in [-0.25, -0.2) is 0 Å². The Labute approximate surface area is 135 Å². The highest BCUT2D eigenvalue weighted by Crippen LogP contribution is 2.46. The normalized spacial score (nSPS) is 17.3. The predicted octanol–water partition coefficient (Wildman–Crippen LogP) is 3.04. The lowest BCUT2D eigenvalue weighted by atomic mass is 9.83. The average Bonchev–Trinajstić information content (AvgIpc) is 2.92. The van der Waals surface area contributed by atoms with E-state index >= 15 is 0 Å². The van der Waals surface area contributed by atoms with Crippen molar-refractivity contribution in [3.8, 4) is 11.4 Å². The summed E-state index contributed by atoms with van der Waals surface area (Å²) < 4.78 is -0.780. The summed E-state index contributed by atoms with van der Waals surface area (Å²) in [6, 6.07) is 5.06. The second-order valence-electron chi connectivity index (χ2n) is 4.88. The van der Waals surface area contributed by atoms with Gasteiger partial charge in [0.05, 0.1) is 5.02 Å². The zero-order valence-electron chi connectivity index (χ0n) is 10.6. The Hall–Kier alpha value is -1.37. The standard InChI is InChI=1S/C12H10Cl3N5O/c13-9-2-1-7(3-8(9)10-17-19-20-18-10)16-11(21)6-4-12(14,15)5-6/h1-3,6H,4-5H2,(H,16,21)(H,17,18,19,20). The quantitative estimate of drug-likeness (QED) is 0.837. The average molecular weight is 347 g/mol. The first-order chi connectivity index (χ1) is 9.94. The van der Waals surface area contributed by atoms with Crippen LogP contribution >= 0.6 is 34.8 Å². The van der Waals surface area contributed by atoms with E-state index in [4.69, 9.17) is 34.8 Å². The monoisotopic (exact) mass is 345 g/mol. The third-order valence-corrected chi connectivity index (χ3v) is 4.23. The van der Waals surface area contributed by atoms with Crippen molar-refractivity contribution >= 4 is 46.4 Å². The van der Waals surface area contributed by atoms with Gasteiger partial charge in [0.15, 0.2) is 0 Å². The third-order valence-electron chi connectivity index (χ3n) is 3.28. The number of carbonyl (C=O) groups is 1. The zero-order chi connectivity index (χ0) is 15.0. The van der Waals surface area contributed by atoms with Crippen molar-refractivity contribution in [2.45, 2.75) is 17.2 Å². The van der Waals surface area contributed by atoms with E-state index in [2.05, 4.69) is 25.9 Å². The van der Waals surface area contributed by atoms with Crippen LogP contribution in [0.1, 0.15) is 12.8 Å². The molecule has 110 valence electrons. The maximum Gasteiger partial charge on any atom is 0.227 e. The molecule has 0 atom stereocenters. The topological polar surface area (TPSA) is 83.6 Å². The van der Waals surface area contributed by atoms with E-state index in [1.165, 1.54) is 0 Å². The van der Waals surface area contributed by atoms with Crippen LogP contribution < -0.4 is 5.32 Å². The van der Waals surface area contributed by atoms with Gasteiger partial charge in [0.2, 0.25) is 11.7 Å². The van der Waals surface area contributed by atoms with Crippen LogP contribution in [0.15, 0.2) is 18.2 Å². The number of aromatic amines is 1. The highest BCUT2D eigenvalue weighted by molar-refractivity contribution is 6.49. The summed E-state index contributed by atoms with van der Waals surface area (Å²) in [6.45, 7) is 0. The van der Waals surface area contributed by atoms with Crippen LogP contribution in [-0.4, -0.2) is 30.9 Å². The molecule has 21 heavy (non-hydrogen) atoms. The molecule has 2 N–H and O–H groups in total. The summed E-state index contributed by atoms with van der Waals surface area (Å²) in [5.41, 5.74) is 1.19. The van der Waals surface area contributed by atoms with Crippen molar-refractivity contribution in [3.63, 3.8) is 0 Å². The summed E-state index contributed by atoms with van der Waals surface area (Å²) in [5.74, 6) is 0.0675. The van der Waals surface area contributed by atoms with Gasteiger partial charge in [-0.2, -0.15) is 5.21 Å². The highest BCUT2D eigenvalue weighted by atomic mass is 35.5. The van der Waals surface area contributed by atoms with Crippen molar-refractivity contribution in [1.29, 1.82) is 0 Å². The molecule has 6 nitrogen and oxygen atoms in total. The molecule has 1 aliphatic rings. The Morgan fingerprint density at radius 1 is 1.38 bits per heavy atom. The molecule has 1 heterocycles. The molecule has 0 unspecified atom stereocenters. The molecule has 0 radical (unpaired) electrons. The summed E-state index contributed by atoms with van der Waals surface area (Å²) in [7, 11) is 0. The lowest BCUT2D eigenvalue weighted by molar-refractivity contribution is -0.122. The molecular weight excluding hydrogens is 337 g/mol. The number of rotatable bonds is 3. The molecule has 1 saturated carbocycles. The first-order valence-corrected chi connectivity index (χ1v) is 7.30. The van der Waals surface area contributed by atoms with Crippen LogP contribution in [0.3, 0.4) is 0 Å². The number of nitrogens with one attached hydrogen (secondary N) is 2. The van der Waals surface area contributed by atoms with Gasteiger partial charge in [-0.05, 0) is 36.3 Å². The number of tetrazole rings is 1. The van der Waals surface area contributed by atoms with E-state index in [-0.39, 0.29) is 11.8 Å². The maximum absolute atomic E-state index is 12.1. The van der Waals surface area contributed by atoms with Crippen LogP contribution in [0, 0.1) is 5.92 Å². The van der Waals surface area contributed by atoms with Gasteiger partial charge >= 0.3 is 0 Å². The molecule has 2 aromatic rings. The third kappa shape index (κ3) is 3.12. The Morgan fingerprint density at radius 2 is 2.14 bits per heavy atom. The number of carbonyl (C=O) groups excluding carboxylic acids is 1. The van der Waals surface area contributed by atoms with E-state index in [9.17, 15) is 4.79 Å². The van der Waals surface area contributed by atoms with Crippen molar-refractivity contribution < 1.29 is 4.79 Å². The van der Waals surface area contributed by atoms with E-state index in [1.54, 1.807) is 18.2 Å². The SMILES string of the molecule is O=C(Nc1ccc(Cl)c(-c2nn[nH]n2)c1)C1CC(Cl)(Cl)C1. The van der Waals surface area contributed by atoms with Crippen LogP contribution in [-0.2, 0) is 4.79 Å². The van der Waals surface area contributed by atoms with Gasteiger partial charge in [0.25, 0.3) is 0 Å². The number of hydrogen-bond donors (Lipinski definition) is 2. The van der Waals surface area contributed by atoms with E-state index in [0.717, 1.165) is 0 Å². The molecule has 1 aliphatic carbocycles. The number of hydrogen-bond acceptors (Lipinski definition) is 4. The highest BCUT2D eigenvalue weighted by Gasteiger charge is 2.44. The fourth-order valence-electron chi connectivity index (χ4n) is 2.14. The molecule has 1 fully saturated rings. The van der Waals surface area contributed by atoms with Gasteiger partial charge in [-0.1, -0.05) is 11.6 Å². The Morgan fingerprint density at radius 3 is 2.76 bits per heavy atom. The number of benzene rings is 1. The first kappa shape index (κ1) is 14.6. The minimum Gasteiger partial charge on any atom is -0.326 e. The van der Waals surface area contributed by atoms with Crippen LogP contribution in [0.25, 0.3) is 11.4 Å². The van der Waals surface area contributed by atoms with E-state index in [0.29, 0.717) is 34.9 Å². The Kier molecular flexibility index (Phi) is 3.77. The molecule has 0 saturated heterocycles. The zero-order valence-corrected chi connectivity index (χ0v) is 12.9. The molecular formula is C12H10Cl3N5O. The van der Waals surface area contributed by atoms with Gasteiger partial charge in [-0.15, -0.1) is 33.4 Å². The minimum absolute atomic E-state index is 0.117. The van der Waals surface area contributed by atoms with Crippen LogP contribution in [0.2, 0.25) is 5.02 Å². The van der Waals surface area contributed by atoms with Crippen LogP contribution in [0.4, 0.5) is 5.69 Å². The number of aromatic nitrogens is 4. The summed E-state index contributed by atoms with van der Waals surface area (Å²) in [4.78, 5) is 12.1. The predicted molar refractivity (Wildman–Crippen MR) is 80.4 cm³/mol. The van der Waals surface area contributed by atoms with Crippen molar-refractivity contribution in [2.24, 2.45) is 5.92 Å². The summed E-state index contributed by atoms with van der Waals surface area (Å²) >= 11 is 17.9. The summed E-state index contributed by atoms with van der Waals surface area (Å²) in [5, 5.41) is 16.9. The largest absolute Gasteiger partial charge is 0.326 e. The molecule has 0 spiro atoms. The lowest BCUT2D eigenvalue weighted by Crippen LogP contribution is -2.40. The number of H-pyrrole nitrogens is 1. The Balaban J connectivity index is 1.75. The number of nitrogens with zero attached hydrogens (tertiary/aromatic N) is 3. The van der Waals surface area contributed by atoms with E-state index < -0.39 is 4.33 Å². The fraction of sp³-hybridized carbons (Fsp3) is 0.333. The first-order valence-electron chi connectivity index (χ1n) is 6.17. The van der Waals surface area contributed by atoms with Gasteiger partial charge in [-0.3, -0.25) is 4.79 Å². The fourth-order valence-corrected chi connectivity index (χ4v) is 3.09. The summed E-state index contributed by atoms with van der Waals surface area (Å²) in [6.07, 6.45) is 0.903. The van der Waals surface area contributed by atoms with Gasteiger partial charge in [0.1, 0.15) is 4.33 Å². The molecule has 0 aliphatic heterocycles. The molecule has 1 aromatic carbocycles. The molecule has 1 amide bonds. The van der Waals surface area contributed by atoms with Crippen molar-refractivity contribution in [3.05, 3.63) is 23.2 Å². The van der Waals surface area contributed by atoms with Gasteiger partial charge in [0, 0.05) is 17.2 Å². The van der Waals surface area contributed by atoms with Gasteiger partial charge < -0.3 is 5.32 Å². The number of alkyl halides is 2. The number of amides is 1. The molecule has 1 aromatic heterocycles. The smallest absolute Gasteiger partial charge is 0.227 e. The molecule has 0 bridgehead atoms. The molecule has 3 rings (SSSR count). The van der Waals surface area contributed by atoms with E-state index in [1.807, 2.05) is 0 Å². The Bertz CT molecular complexity index is 666. The second-order valence-corrected chi connectivity index (χ2v) is 6.93. The molecule has 9 heteroatoms. The van der Waals surface area contributed by atoms with Crippen LogP contribution in [0.5, 0.6) is 0 Å².